The summed E-state index contributed by atoms with van der Waals surface area (Å²) in [4.78, 5) is 12.5. The Balaban J connectivity index is 1.72. The summed E-state index contributed by atoms with van der Waals surface area (Å²) in [5.41, 5.74) is 2.33. The number of nitrogens with zero attached hydrogens (tertiary/aromatic N) is 4. The lowest BCUT2D eigenvalue weighted by molar-refractivity contribution is -0.115. The highest BCUT2D eigenvalue weighted by Crippen LogP contribution is 2.25. The highest BCUT2D eigenvalue weighted by molar-refractivity contribution is 8.00. The normalized spacial score (nSPS) is 12.7. The topological polar surface area (TPSA) is 133 Å². The van der Waals surface area contributed by atoms with Gasteiger partial charge >= 0.3 is 0 Å². The van der Waals surface area contributed by atoms with Crippen LogP contribution in [0.2, 0.25) is 0 Å². The van der Waals surface area contributed by atoms with Crippen LogP contribution in [0.25, 0.3) is 5.69 Å². The quantitative estimate of drug-likeness (QED) is 0.533. The molecule has 0 radical (unpaired) electrons. The van der Waals surface area contributed by atoms with Crippen LogP contribution in [0.15, 0.2) is 58.6 Å². The number of tetrazole rings is 1. The zero-order valence-corrected chi connectivity index (χ0v) is 18.3. The van der Waals surface area contributed by atoms with Gasteiger partial charge in [0.25, 0.3) is 0 Å². The largest absolute Gasteiger partial charge is 0.325 e. The standard InChI is InChI=1S/C19H22N6O3S2/c1-12(2)14-7-9-16(10-8-14)25-19(22-23-24-25)29-13(3)18(26)21-15-5-4-6-17(11-15)30(20,27)28/h4-13H,1-3H3,(H,21,26)(H2,20,27,28). The van der Waals surface area contributed by atoms with Crippen molar-refractivity contribution in [2.24, 2.45) is 5.14 Å². The summed E-state index contributed by atoms with van der Waals surface area (Å²) >= 11 is 1.19. The molecule has 0 aliphatic heterocycles. The minimum atomic E-state index is -3.85. The third-order valence-corrected chi connectivity index (χ3v) is 6.27. The number of thioether (sulfide) groups is 1. The van der Waals surface area contributed by atoms with Gasteiger partial charge in [0.2, 0.25) is 21.1 Å². The molecule has 1 aromatic heterocycles. The molecule has 0 saturated carbocycles. The van der Waals surface area contributed by atoms with Crippen molar-refractivity contribution in [2.45, 2.75) is 42.0 Å². The number of nitrogens with one attached hydrogen (secondary N) is 1. The number of nitrogens with two attached hydrogens (primary N) is 1. The number of carbonyl (C=O) groups excluding carboxylic acids is 1. The Labute approximate surface area is 179 Å². The molecule has 30 heavy (non-hydrogen) atoms. The molecule has 3 N–H and O–H groups in total. The van der Waals surface area contributed by atoms with E-state index in [1.165, 1.54) is 35.5 Å². The lowest BCUT2D eigenvalue weighted by Crippen LogP contribution is -2.23. The van der Waals surface area contributed by atoms with Gasteiger partial charge in [0.15, 0.2) is 0 Å². The second-order valence-corrected chi connectivity index (χ2v) is 9.81. The molecule has 9 nitrogen and oxygen atoms in total. The maximum absolute atomic E-state index is 12.6. The van der Waals surface area contributed by atoms with Crippen molar-refractivity contribution >= 4 is 33.4 Å². The minimum absolute atomic E-state index is 0.0746. The summed E-state index contributed by atoms with van der Waals surface area (Å²) < 4.78 is 24.5. The van der Waals surface area contributed by atoms with Crippen LogP contribution in [-0.2, 0) is 14.8 Å². The van der Waals surface area contributed by atoms with Gasteiger partial charge in [-0.1, -0.05) is 43.8 Å². The fourth-order valence-corrected chi connectivity index (χ4v) is 3.99. The molecule has 1 unspecified atom stereocenters. The molecule has 0 spiro atoms. The molecule has 1 heterocycles. The Morgan fingerprint density at radius 1 is 1.13 bits per heavy atom. The molecule has 3 rings (SSSR count). The zero-order chi connectivity index (χ0) is 21.9. The highest BCUT2D eigenvalue weighted by atomic mass is 32.2. The SMILES string of the molecule is CC(Sc1nnnn1-c1ccc(C(C)C)cc1)C(=O)Nc1cccc(S(N)(=O)=O)c1. The summed E-state index contributed by atoms with van der Waals surface area (Å²) in [6, 6.07) is 13.7. The first-order valence-corrected chi connectivity index (χ1v) is 11.6. The highest BCUT2D eigenvalue weighted by Gasteiger charge is 2.20. The van der Waals surface area contributed by atoms with Crippen molar-refractivity contribution in [1.82, 2.24) is 20.2 Å². The summed E-state index contributed by atoms with van der Waals surface area (Å²) in [5, 5.41) is 19.5. The first-order chi connectivity index (χ1) is 14.1. The van der Waals surface area contributed by atoms with Crippen molar-refractivity contribution in [3.63, 3.8) is 0 Å². The second kappa shape index (κ2) is 8.94. The predicted octanol–water partition coefficient (Wildman–Crippen LogP) is 2.55. The Hall–Kier alpha value is -2.76. The van der Waals surface area contributed by atoms with Crippen LogP contribution in [0.3, 0.4) is 0 Å². The monoisotopic (exact) mass is 446 g/mol. The van der Waals surface area contributed by atoms with Gasteiger partial charge < -0.3 is 5.32 Å². The number of rotatable bonds is 7. The van der Waals surface area contributed by atoms with E-state index in [9.17, 15) is 13.2 Å². The van der Waals surface area contributed by atoms with Crippen molar-refractivity contribution in [2.75, 3.05) is 5.32 Å². The second-order valence-electron chi connectivity index (χ2n) is 6.94. The van der Waals surface area contributed by atoms with Crippen LogP contribution in [0.1, 0.15) is 32.3 Å². The summed E-state index contributed by atoms with van der Waals surface area (Å²) in [6.45, 7) is 5.95. The number of benzene rings is 2. The van der Waals surface area contributed by atoms with Crippen LogP contribution in [0.4, 0.5) is 5.69 Å². The number of anilines is 1. The van der Waals surface area contributed by atoms with Gasteiger partial charge in [-0.3, -0.25) is 4.79 Å². The molecular formula is C19H22N6O3S2. The zero-order valence-electron chi connectivity index (χ0n) is 16.7. The number of sulfonamides is 1. The van der Waals surface area contributed by atoms with Gasteiger partial charge in [0, 0.05) is 5.69 Å². The van der Waals surface area contributed by atoms with E-state index in [1.54, 1.807) is 17.7 Å². The average Bonchev–Trinajstić information content (AvgIpc) is 3.15. The van der Waals surface area contributed by atoms with E-state index in [-0.39, 0.29) is 10.8 Å². The Kier molecular flexibility index (Phi) is 6.54. The van der Waals surface area contributed by atoms with Crippen LogP contribution in [0.5, 0.6) is 0 Å². The molecular weight excluding hydrogens is 424 g/mol. The Bertz CT molecular complexity index is 1140. The van der Waals surface area contributed by atoms with E-state index in [0.717, 1.165) is 5.69 Å². The molecule has 11 heteroatoms. The third kappa shape index (κ3) is 5.23. The van der Waals surface area contributed by atoms with Crippen molar-refractivity contribution < 1.29 is 13.2 Å². The van der Waals surface area contributed by atoms with E-state index in [2.05, 4.69) is 34.7 Å². The van der Waals surface area contributed by atoms with Crippen molar-refractivity contribution in [3.05, 3.63) is 54.1 Å². The van der Waals surface area contributed by atoms with Crippen LogP contribution in [-0.4, -0.2) is 39.8 Å². The van der Waals surface area contributed by atoms with E-state index >= 15 is 0 Å². The van der Waals surface area contributed by atoms with E-state index in [1.807, 2.05) is 24.3 Å². The number of hydrogen-bond acceptors (Lipinski definition) is 7. The lowest BCUT2D eigenvalue weighted by Gasteiger charge is -2.12. The van der Waals surface area contributed by atoms with Crippen molar-refractivity contribution in [3.8, 4) is 5.69 Å². The number of primary sulfonamides is 1. The molecule has 2 aromatic carbocycles. The lowest BCUT2D eigenvalue weighted by atomic mass is 10.0. The van der Waals surface area contributed by atoms with Gasteiger partial charge in [-0.2, -0.15) is 4.68 Å². The number of aromatic nitrogens is 4. The van der Waals surface area contributed by atoms with Gasteiger partial charge in [0.1, 0.15) is 0 Å². The molecule has 158 valence electrons. The van der Waals surface area contributed by atoms with Gasteiger partial charge in [-0.25, -0.2) is 13.6 Å². The maximum atomic E-state index is 12.6. The molecule has 0 saturated heterocycles. The minimum Gasteiger partial charge on any atom is -0.325 e. The first-order valence-electron chi connectivity index (χ1n) is 9.14. The predicted molar refractivity (Wildman–Crippen MR) is 115 cm³/mol. The fraction of sp³-hybridized carbons (Fsp3) is 0.263. The smallest absolute Gasteiger partial charge is 0.238 e. The maximum Gasteiger partial charge on any atom is 0.238 e. The molecule has 0 bridgehead atoms. The van der Waals surface area contributed by atoms with Crippen molar-refractivity contribution in [1.29, 1.82) is 0 Å². The molecule has 1 atom stereocenters. The third-order valence-electron chi connectivity index (χ3n) is 4.33. The molecule has 0 aliphatic carbocycles. The summed E-state index contributed by atoms with van der Waals surface area (Å²) in [5.74, 6) is 0.0921. The number of amides is 1. The summed E-state index contributed by atoms with van der Waals surface area (Å²) in [7, 11) is -3.85. The summed E-state index contributed by atoms with van der Waals surface area (Å²) in [6.07, 6.45) is 0. The molecule has 0 fully saturated rings. The van der Waals surface area contributed by atoms with E-state index in [0.29, 0.717) is 16.8 Å². The van der Waals surface area contributed by atoms with Gasteiger partial charge in [0.05, 0.1) is 15.8 Å². The average molecular weight is 447 g/mol. The van der Waals surface area contributed by atoms with Gasteiger partial charge in [-0.05, 0) is 59.2 Å². The Morgan fingerprint density at radius 3 is 2.47 bits per heavy atom. The number of carbonyl (C=O) groups is 1. The fourth-order valence-electron chi connectivity index (χ4n) is 2.62. The van der Waals surface area contributed by atoms with E-state index < -0.39 is 15.3 Å². The Morgan fingerprint density at radius 2 is 1.83 bits per heavy atom. The van der Waals surface area contributed by atoms with Crippen LogP contribution in [0, 0.1) is 0 Å². The molecule has 3 aromatic rings. The molecule has 1 amide bonds. The molecule has 0 aliphatic rings. The first kappa shape index (κ1) is 21.9. The van der Waals surface area contributed by atoms with Crippen LogP contribution < -0.4 is 10.5 Å². The van der Waals surface area contributed by atoms with Gasteiger partial charge in [-0.15, -0.1) is 5.10 Å². The number of hydrogen-bond donors (Lipinski definition) is 2. The van der Waals surface area contributed by atoms with E-state index in [4.69, 9.17) is 5.14 Å². The van der Waals surface area contributed by atoms with Crippen LogP contribution >= 0.6 is 11.8 Å².